The first kappa shape index (κ1) is 12.1. The topological polar surface area (TPSA) is 9.23 Å². The molecule has 0 heterocycles. The average Bonchev–Trinajstić information content (AvgIpc) is 2.42. The van der Waals surface area contributed by atoms with Gasteiger partial charge in [0.1, 0.15) is 5.75 Å². The predicted octanol–water partition coefficient (Wildman–Crippen LogP) is 5.09. The van der Waals surface area contributed by atoms with E-state index in [0.29, 0.717) is 6.61 Å². The number of hydrogen-bond acceptors (Lipinski definition) is 1. The highest BCUT2D eigenvalue weighted by atomic mass is 79.9. The summed E-state index contributed by atoms with van der Waals surface area (Å²) in [6, 6.07) is 13.8. The van der Waals surface area contributed by atoms with Crippen LogP contribution in [-0.4, -0.2) is 6.61 Å². The van der Waals surface area contributed by atoms with E-state index in [-0.39, 0.29) is 6.90 Å². The van der Waals surface area contributed by atoms with E-state index in [1.54, 1.807) is 0 Å². The Morgan fingerprint density at radius 2 is 2.00 bits per heavy atom. The van der Waals surface area contributed by atoms with E-state index in [0.717, 1.165) is 27.2 Å². The van der Waals surface area contributed by atoms with Gasteiger partial charge in [-0.1, -0.05) is 39.7 Å². The van der Waals surface area contributed by atoms with Gasteiger partial charge in [-0.2, -0.15) is 0 Å². The Bertz CT molecular complexity index is 542. The highest BCUT2D eigenvalue weighted by molar-refractivity contribution is 9.10. The van der Waals surface area contributed by atoms with Gasteiger partial charge in [0.2, 0.25) is 0 Å². The van der Waals surface area contributed by atoms with Crippen molar-refractivity contribution in [1.29, 1.82) is 0 Å². The van der Waals surface area contributed by atoms with Gasteiger partial charge >= 0.3 is 0 Å². The van der Waals surface area contributed by atoms with Gasteiger partial charge < -0.3 is 4.74 Å². The molecular weight excluding hydrogens is 312 g/mol. The summed E-state index contributed by atoms with van der Waals surface area (Å²) < 4.78 is 13.5. The van der Waals surface area contributed by atoms with Crippen LogP contribution in [0.2, 0.25) is 5.02 Å². The molecule has 0 unspecified atom stereocenters. The van der Waals surface area contributed by atoms with Gasteiger partial charge in [-0.05, 0) is 54.8 Å². The molecule has 2 aromatic carbocycles. The molecule has 0 bridgehead atoms. The van der Waals surface area contributed by atoms with Crippen LogP contribution in [0.3, 0.4) is 0 Å². The molecule has 1 nitrogen and oxygen atoms in total. The van der Waals surface area contributed by atoms with Crippen molar-refractivity contribution in [2.24, 2.45) is 0 Å². The predicted molar refractivity (Wildman–Crippen MR) is 79.6 cm³/mol. The lowest BCUT2D eigenvalue weighted by molar-refractivity contribution is 0.340. The maximum Gasteiger partial charge on any atom is 0.119 e. The van der Waals surface area contributed by atoms with E-state index >= 15 is 0 Å². The van der Waals surface area contributed by atoms with E-state index in [4.69, 9.17) is 17.7 Å². The first-order valence-electron chi connectivity index (χ1n) is 6.34. The van der Waals surface area contributed by atoms with Crippen molar-refractivity contribution in [3.63, 3.8) is 0 Å². The third kappa shape index (κ3) is 3.50. The SMILES string of the molecule is [2H]CCOc1ccc(Cc2cc(Br)ccc2Cl)cc1. The molecule has 0 aliphatic carbocycles. The lowest BCUT2D eigenvalue weighted by Crippen LogP contribution is -1.93. The summed E-state index contributed by atoms with van der Waals surface area (Å²) in [5.74, 6) is 0.802. The minimum absolute atomic E-state index is 0.273. The normalized spacial score (nSPS) is 11.1. The quantitative estimate of drug-likeness (QED) is 0.760. The van der Waals surface area contributed by atoms with Crippen LogP contribution in [0, 0.1) is 0 Å². The third-order valence-electron chi connectivity index (χ3n) is 2.59. The van der Waals surface area contributed by atoms with Crippen molar-refractivity contribution >= 4 is 27.5 Å². The summed E-state index contributed by atoms with van der Waals surface area (Å²) in [4.78, 5) is 0. The lowest BCUT2D eigenvalue weighted by Gasteiger charge is -2.07. The van der Waals surface area contributed by atoms with Gasteiger partial charge in [-0.3, -0.25) is 0 Å². The second-order valence-electron chi connectivity index (χ2n) is 3.90. The highest BCUT2D eigenvalue weighted by Gasteiger charge is 2.03. The minimum atomic E-state index is 0.273. The van der Waals surface area contributed by atoms with E-state index in [1.165, 1.54) is 5.56 Å². The van der Waals surface area contributed by atoms with E-state index in [2.05, 4.69) is 15.9 Å². The molecule has 0 aromatic heterocycles. The monoisotopic (exact) mass is 325 g/mol. The van der Waals surface area contributed by atoms with Gasteiger partial charge in [0.05, 0.1) is 6.61 Å². The summed E-state index contributed by atoms with van der Waals surface area (Å²) >= 11 is 9.63. The van der Waals surface area contributed by atoms with Crippen LogP contribution >= 0.6 is 27.5 Å². The van der Waals surface area contributed by atoms with Gasteiger partial charge in [0.15, 0.2) is 0 Å². The highest BCUT2D eigenvalue weighted by Crippen LogP contribution is 2.24. The van der Waals surface area contributed by atoms with E-state index < -0.39 is 0 Å². The first-order chi connectivity index (χ1) is 9.19. The second kappa shape index (κ2) is 6.26. The molecule has 0 fully saturated rings. The van der Waals surface area contributed by atoms with Gasteiger partial charge in [0.25, 0.3) is 0 Å². The second-order valence-corrected chi connectivity index (χ2v) is 5.23. The van der Waals surface area contributed by atoms with Crippen LogP contribution in [0.4, 0.5) is 0 Å². The zero-order valence-electron chi connectivity index (χ0n) is 10.8. The maximum atomic E-state index is 7.04. The Kier molecular flexibility index (Phi) is 4.19. The number of ether oxygens (including phenoxy) is 1. The first-order valence-corrected chi connectivity index (χ1v) is 6.81. The van der Waals surface area contributed by atoms with Crippen LogP contribution in [0.5, 0.6) is 5.75 Å². The minimum Gasteiger partial charge on any atom is -0.494 e. The van der Waals surface area contributed by atoms with E-state index in [9.17, 15) is 0 Å². The summed E-state index contributed by atoms with van der Waals surface area (Å²) in [5, 5.41) is 0.776. The van der Waals surface area contributed by atoms with Gasteiger partial charge in [0, 0.05) is 10.9 Å². The molecule has 0 atom stereocenters. The molecule has 0 saturated carbocycles. The zero-order valence-corrected chi connectivity index (χ0v) is 12.2. The molecule has 2 aromatic rings. The van der Waals surface area contributed by atoms with Crippen molar-refractivity contribution in [2.45, 2.75) is 13.3 Å². The fourth-order valence-electron chi connectivity index (χ4n) is 1.72. The van der Waals surface area contributed by atoms with Crippen LogP contribution < -0.4 is 4.74 Å². The number of hydrogen-bond donors (Lipinski definition) is 0. The van der Waals surface area contributed by atoms with Gasteiger partial charge in [-0.15, -0.1) is 0 Å². The molecule has 0 amide bonds. The molecule has 2 rings (SSSR count). The maximum absolute atomic E-state index is 7.04. The van der Waals surface area contributed by atoms with Crippen molar-refractivity contribution in [3.8, 4) is 5.75 Å². The van der Waals surface area contributed by atoms with Crippen LogP contribution in [0.15, 0.2) is 46.9 Å². The summed E-state index contributed by atoms with van der Waals surface area (Å²) in [5.41, 5.74) is 2.27. The fourth-order valence-corrected chi connectivity index (χ4v) is 2.31. The number of rotatable bonds is 4. The standard InChI is InChI=1S/C15H14BrClO/c1-2-18-14-6-3-11(4-7-14)9-12-10-13(16)5-8-15(12)17/h3-8,10H,2,9H2,1H3/i1D. The van der Waals surface area contributed by atoms with Crippen LogP contribution in [-0.2, 0) is 6.42 Å². The Morgan fingerprint density at radius 3 is 2.72 bits per heavy atom. The molecule has 18 heavy (non-hydrogen) atoms. The summed E-state index contributed by atoms with van der Waals surface area (Å²) in [6.45, 7) is 0.701. The summed E-state index contributed by atoms with van der Waals surface area (Å²) in [6.07, 6.45) is 0.789. The molecule has 0 aliphatic rings. The number of benzene rings is 2. The van der Waals surface area contributed by atoms with Crippen molar-refractivity contribution in [1.82, 2.24) is 0 Å². The van der Waals surface area contributed by atoms with Crippen molar-refractivity contribution < 1.29 is 6.11 Å². The molecule has 94 valence electrons. The molecule has 0 spiro atoms. The summed E-state index contributed by atoms with van der Waals surface area (Å²) in [7, 11) is 0. The van der Waals surface area contributed by atoms with Gasteiger partial charge in [-0.25, -0.2) is 0 Å². The van der Waals surface area contributed by atoms with Crippen LogP contribution in [0.25, 0.3) is 0 Å². The molecular formula is C15H14BrClO. The van der Waals surface area contributed by atoms with Crippen molar-refractivity contribution in [2.75, 3.05) is 6.61 Å². The lowest BCUT2D eigenvalue weighted by atomic mass is 10.1. The Hall–Kier alpha value is -0.990. The zero-order chi connectivity index (χ0) is 13.7. The smallest absolute Gasteiger partial charge is 0.119 e. The molecule has 0 aliphatic heterocycles. The molecule has 0 saturated heterocycles. The molecule has 3 heteroatoms. The Labute approximate surface area is 122 Å². The third-order valence-corrected chi connectivity index (χ3v) is 3.46. The number of halogens is 2. The fraction of sp³-hybridized carbons (Fsp3) is 0.200. The van der Waals surface area contributed by atoms with Crippen molar-refractivity contribution in [3.05, 3.63) is 63.1 Å². The Balaban J connectivity index is 2.08. The van der Waals surface area contributed by atoms with E-state index in [1.807, 2.05) is 42.5 Å². The van der Waals surface area contributed by atoms with Crippen LogP contribution in [0.1, 0.15) is 19.4 Å². The molecule has 0 radical (unpaired) electrons. The Morgan fingerprint density at radius 1 is 1.22 bits per heavy atom. The molecule has 0 N–H and O–H groups in total. The average molecular weight is 327 g/mol. The largest absolute Gasteiger partial charge is 0.494 e.